The van der Waals surface area contributed by atoms with Gasteiger partial charge in [-0.25, -0.2) is 13.1 Å². The van der Waals surface area contributed by atoms with Crippen molar-refractivity contribution in [3.8, 4) is 0 Å². The molecule has 1 rings (SSSR count). The molecule has 0 aliphatic rings. The van der Waals surface area contributed by atoms with Gasteiger partial charge in [0.15, 0.2) is 0 Å². The number of halogens is 1. The van der Waals surface area contributed by atoms with Crippen molar-refractivity contribution in [1.82, 2.24) is 4.72 Å². The predicted molar refractivity (Wildman–Crippen MR) is 76.6 cm³/mol. The molecule has 4 nitrogen and oxygen atoms in total. The highest BCUT2D eigenvalue weighted by atomic mass is 35.5. The molecule has 0 heterocycles. The van der Waals surface area contributed by atoms with Gasteiger partial charge in [0, 0.05) is 6.04 Å². The zero-order valence-electron chi connectivity index (χ0n) is 11.4. The normalized spacial score (nSPS) is 13.8. The lowest BCUT2D eigenvalue weighted by Gasteiger charge is -2.17. The second-order valence-electron chi connectivity index (χ2n) is 5.07. The summed E-state index contributed by atoms with van der Waals surface area (Å²) < 4.78 is 27.1. The molecule has 0 aromatic heterocycles. The predicted octanol–water partition coefficient (Wildman–Crippen LogP) is 2.55. The van der Waals surface area contributed by atoms with Crippen LogP contribution in [0, 0.1) is 5.92 Å². The van der Waals surface area contributed by atoms with E-state index in [0.29, 0.717) is 11.5 Å². The van der Waals surface area contributed by atoms with Crippen LogP contribution < -0.4 is 4.72 Å². The third-order valence-corrected chi connectivity index (χ3v) is 4.72. The highest BCUT2D eigenvalue weighted by Gasteiger charge is 2.21. The Morgan fingerprint density at radius 3 is 2.47 bits per heavy atom. The van der Waals surface area contributed by atoms with Crippen LogP contribution in [0.2, 0.25) is 5.02 Å². The van der Waals surface area contributed by atoms with Gasteiger partial charge in [-0.05, 0) is 37.0 Å². The van der Waals surface area contributed by atoms with Crippen molar-refractivity contribution in [2.45, 2.75) is 44.7 Å². The van der Waals surface area contributed by atoms with E-state index < -0.39 is 10.0 Å². The van der Waals surface area contributed by atoms with E-state index in [4.69, 9.17) is 16.7 Å². The first-order chi connectivity index (χ1) is 8.76. The van der Waals surface area contributed by atoms with Crippen molar-refractivity contribution in [3.05, 3.63) is 28.8 Å². The summed E-state index contributed by atoms with van der Waals surface area (Å²) in [4.78, 5) is 0.0105. The molecule has 1 aromatic carbocycles. The van der Waals surface area contributed by atoms with Crippen LogP contribution in [0.15, 0.2) is 23.1 Å². The molecule has 1 aromatic rings. The van der Waals surface area contributed by atoms with Gasteiger partial charge in [-0.2, -0.15) is 0 Å². The largest absolute Gasteiger partial charge is 0.392 e. The molecule has 108 valence electrons. The van der Waals surface area contributed by atoms with Crippen molar-refractivity contribution in [1.29, 1.82) is 0 Å². The van der Waals surface area contributed by atoms with E-state index in [1.54, 1.807) is 6.07 Å². The number of aliphatic hydroxyl groups is 1. The SMILES string of the molecule is CC(C)CC(C)NS(=O)(=O)c1cc(CO)ccc1Cl. The summed E-state index contributed by atoms with van der Waals surface area (Å²) >= 11 is 5.93. The van der Waals surface area contributed by atoms with Gasteiger partial charge in [0.1, 0.15) is 4.90 Å². The highest BCUT2D eigenvalue weighted by molar-refractivity contribution is 7.89. The van der Waals surface area contributed by atoms with Crippen LogP contribution in [-0.4, -0.2) is 19.6 Å². The van der Waals surface area contributed by atoms with Crippen molar-refractivity contribution in [3.63, 3.8) is 0 Å². The first-order valence-corrected chi connectivity index (χ1v) is 8.04. The van der Waals surface area contributed by atoms with E-state index in [1.807, 2.05) is 20.8 Å². The fourth-order valence-corrected chi connectivity index (χ4v) is 3.74. The van der Waals surface area contributed by atoms with E-state index in [2.05, 4.69) is 4.72 Å². The fraction of sp³-hybridized carbons (Fsp3) is 0.538. The number of aliphatic hydroxyl groups excluding tert-OH is 1. The summed E-state index contributed by atoms with van der Waals surface area (Å²) in [5.74, 6) is 0.400. The first-order valence-electron chi connectivity index (χ1n) is 6.18. The minimum atomic E-state index is -3.66. The Labute approximate surface area is 119 Å². The molecule has 2 N–H and O–H groups in total. The molecular formula is C13H20ClNO3S. The van der Waals surface area contributed by atoms with E-state index in [0.717, 1.165) is 6.42 Å². The van der Waals surface area contributed by atoms with Crippen LogP contribution in [0.3, 0.4) is 0 Å². The van der Waals surface area contributed by atoms with Crippen LogP contribution in [0.25, 0.3) is 0 Å². The second-order valence-corrected chi connectivity index (χ2v) is 7.16. The molecular weight excluding hydrogens is 286 g/mol. The Balaban J connectivity index is 3.00. The maximum absolute atomic E-state index is 12.2. The van der Waals surface area contributed by atoms with Gasteiger partial charge in [-0.1, -0.05) is 31.5 Å². The maximum atomic E-state index is 12.2. The summed E-state index contributed by atoms with van der Waals surface area (Å²) in [7, 11) is -3.66. The molecule has 0 saturated heterocycles. The third-order valence-electron chi connectivity index (χ3n) is 2.65. The molecule has 1 atom stereocenters. The van der Waals surface area contributed by atoms with Crippen molar-refractivity contribution >= 4 is 21.6 Å². The first kappa shape index (κ1) is 16.4. The number of hydrogen-bond acceptors (Lipinski definition) is 3. The number of rotatable bonds is 6. The quantitative estimate of drug-likeness (QED) is 0.849. The molecule has 0 aliphatic carbocycles. The van der Waals surface area contributed by atoms with Crippen molar-refractivity contribution in [2.24, 2.45) is 5.92 Å². The molecule has 0 aliphatic heterocycles. The zero-order valence-corrected chi connectivity index (χ0v) is 12.9. The van der Waals surface area contributed by atoms with Gasteiger partial charge in [0.2, 0.25) is 10.0 Å². The van der Waals surface area contributed by atoms with Gasteiger partial charge in [0.05, 0.1) is 11.6 Å². The number of benzene rings is 1. The average Bonchev–Trinajstić information content (AvgIpc) is 2.27. The van der Waals surface area contributed by atoms with Crippen LogP contribution in [-0.2, 0) is 16.6 Å². The molecule has 0 fully saturated rings. The van der Waals surface area contributed by atoms with Crippen molar-refractivity contribution in [2.75, 3.05) is 0 Å². The molecule has 0 saturated carbocycles. The van der Waals surface area contributed by atoms with Gasteiger partial charge >= 0.3 is 0 Å². The molecule has 0 radical (unpaired) electrons. The highest BCUT2D eigenvalue weighted by Crippen LogP contribution is 2.23. The topological polar surface area (TPSA) is 66.4 Å². The Morgan fingerprint density at radius 1 is 1.32 bits per heavy atom. The van der Waals surface area contributed by atoms with E-state index >= 15 is 0 Å². The summed E-state index contributed by atoms with van der Waals surface area (Å²) in [6.07, 6.45) is 0.747. The molecule has 6 heteroatoms. The van der Waals surface area contributed by atoms with Crippen LogP contribution in [0.5, 0.6) is 0 Å². The summed E-state index contributed by atoms with van der Waals surface area (Å²) in [5, 5.41) is 9.22. The summed E-state index contributed by atoms with van der Waals surface area (Å²) in [6.45, 7) is 5.66. The minimum absolute atomic E-state index is 0.0105. The lowest BCUT2D eigenvalue weighted by Crippen LogP contribution is -2.33. The average molecular weight is 306 g/mol. The lowest BCUT2D eigenvalue weighted by molar-refractivity contribution is 0.281. The Bertz CT molecular complexity index is 529. The van der Waals surface area contributed by atoms with Crippen LogP contribution in [0.4, 0.5) is 0 Å². The smallest absolute Gasteiger partial charge is 0.242 e. The van der Waals surface area contributed by atoms with Gasteiger partial charge in [-0.15, -0.1) is 0 Å². The molecule has 0 bridgehead atoms. The van der Waals surface area contributed by atoms with E-state index in [9.17, 15) is 8.42 Å². The maximum Gasteiger partial charge on any atom is 0.242 e. The van der Waals surface area contributed by atoms with Crippen molar-refractivity contribution < 1.29 is 13.5 Å². The number of sulfonamides is 1. The van der Waals surface area contributed by atoms with Crippen LogP contribution >= 0.6 is 11.6 Å². The molecule has 0 spiro atoms. The van der Waals surface area contributed by atoms with Crippen LogP contribution in [0.1, 0.15) is 32.8 Å². The number of nitrogens with one attached hydrogen (secondary N) is 1. The molecule has 0 amide bonds. The Kier molecular flexibility index (Phi) is 5.80. The minimum Gasteiger partial charge on any atom is -0.392 e. The van der Waals surface area contributed by atoms with Gasteiger partial charge < -0.3 is 5.11 Å². The third kappa shape index (κ3) is 4.76. The molecule has 1 unspecified atom stereocenters. The second kappa shape index (κ2) is 6.70. The zero-order chi connectivity index (χ0) is 14.6. The fourth-order valence-electron chi connectivity index (χ4n) is 1.94. The van der Waals surface area contributed by atoms with Gasteiger partial charge in [-0.3, -0.25) is 0 Å². The standard InChI is InChI=1S/C13H20ClNO3S/c1-9(2)6-10(3)15-19(17,18)13-7-11(8-16)4-5-12(13)14/h4-5,7,9-10,15-16H,6,8H2,1-3H3. The molecule has 19 heavy (non-hydrogen) atoms. The van der Waals surface area contributed by atoms with E-state index in [1.165, 1.54) is 12.1 Å². The van der Waals surface area contributed by atoms with E-state index in [-0.39, 0.29) is 22.6 Å². The summed E-state index contributed by atoms with van der Waals surface area (Å²) in [6, 6.07) is 4.30. The Hall–Kier alpha value is -0.620. The Morgan fingerprint density at radius 2 is 1.95 bits per heavy atom. The van der Waals surface area contributed by atoms with Gasteiger partial charge in [0.25, 0.3) is 0 Å². The summed E-state index contributed by atoms with van der Waals surface area (Å²) in [5.41, 5.74) is 0.515. The monoisotopic (exact) mass is 305 g/mol. The number of hydrogen-bond donors (Lipinski definition) is 2. The lowest BCUT2D eigenvalue weighted by atomic mass is 10.1.